The molecule has 2 aromatic rings. The van der Waals surface area contributed by atoms with E-state index in [0.717, 1.165) is 16.6 Å². The van der Waals surface area contributed by atoms with E-state index in [1.807, 2.05) is 24.3 Å². The molecule has 0 saturated heterocycles. The predicted octanol–water partition coefficient (Wildman–Crippen LogP) is 4.34. The van der Waals surface area contributed by atoms with Crippen molar-refractivity contribution >= 4 is 27.3 Å². The van der Waals surface area contributed by atoms with Crippen LogP contribution in [0.1, 0.15) is 54.6 Å². The first-order valence-electron chi connectivity index (χ1n) is 9.36. The van der Waals surface area contributed by atoms with Crippen LogP contribution in [0.3, 0.4) is 0 Å². The van der Waals surface area contributed by atoms with E-state index in [0.29, 0.717) is 23.2 Å². The maximum atomic E-state index is 12.5. The maximum Gasteiger partial charge on any atom is 0.265 e. The van der Waals surface area contributed by atoms with Gasteiger partial charge in [-0.2, -0.15) is 0 Å². The third-order valence-electron chi connectivity index (χ3n) is 4.91. The fourth-order valence-electron chi connectivity index (χ4n) is 3.57. The Bertz CT molecular complexity index is 690. The van der Waals surface area contributed by atoms with Gasteiger partial charge >= 0.3 is 0 Å². The number of nitrogens with one attached hydrogen (secondary N) is 2. The summed E-state index contributed by atoms with van der Waals surface area (Å²) in [7, 11) is 1.63. The lowest BCUT2D eigenvalue weighted by Gasteiger charge is -2.21. The van der Waals surface area contributed by atoms with Crippen molar-refractivity contribution in [1.82, 2.24) is 10.6 Å². The molecule has 1 aliphatic carbocycles. The molecule has 1 aromatic heterocycles. The van der Waals surface area contributed by atoms with Crippen LogP contribution < -0.4 is 15.4 Å². The number of ether oxygens (including phenoxy) is 1. The quantitative estimate of drug-likeness (QED) is 0.753. The first-order valence-corrected chi connectivity index (χ1v) is 10.2. The lowest BCUT2D eigenvalue weighted by atomic mass is 9.97. The number of carbonyl (C=O) groups is 1. The highest BCUT2D eigenvalue weighted by molar-refractivity contribution is 7.21. The highest BCUT2D eigenvalue weighted by atomic mass is 32.1. The Labute approximate surface area is 154 Å². The number of benzene rings is 1. The average Bonchev–Trinajstić information content (AvgIpc) is 2.98. The summed E-state index contributed by atoms with van der Waals surface area (Å²) < 4.78 is 6.56. The highest BCUT2D eigenvalue weighted by Crippen LogP contribution is 2.37. The van der Waals surface area contributed by atoms with Crippen molar-refractivity contribution in [2.24, 2.45) is 0 Å². The summed E-state index contributed by atoms with van der Waals surface area (Å²) in [4.78, 5) is 13.2. The zero-order valence-corrected chi connectivity index (χ0v) is 15.8. The van der Waals surface area contributed by atoms with Gasteiger partial charge in [-0.15, -0.1) is 11.3 Å². The standard InChI is InChI=1S/C20H28N2O2S/c1-24-18-16-11-7-8-12-17(16)25-19(18)20(23)22-14-13-21-15-9-5-3-2-4-6-10-15/h7-8,11-12,15,21H,2-6,9-10,13-14H2,1H3,(H,22,23). The second kappa shape index (κ2) is 9.20. The van der Waals surface area contributed by atoms with Crippen molar-refractivity contribution in [2.45, 2.75) is 51.0 Å². The molecule has 1 fully saturated rings. The average molecular weight is 361 g/mol. The number of amides is 1. The van der Waals surface area contributed by atoms with Gasteiger partial charge in [0.15, 0.2) is 0 Å². The minimum Gasteiger partial charge on any atom is -0.494 e. The van der Waals surface area contributed by atoms with E-state index >= 15 is 0 Å². The van der Waals surface area contributed by atoms with Gasteiger partial charge in [-0.25, -0.2) is 0 Å². The fraction of sp³-hybridized carbons (Fsp3) is 0.550. The number of rotatable bonds is 6. The molecule has 1 aliphatic rings. The van der Waals surface area contributed by atoms with E-state index in [4.69, 9.17) is 4.74 Å². The SMILES string of the molecule is COc1c(C(=O)NCCNC2CCCCCCC2)sc2ccccc12. The number of hydrogen-bond donors (Lipinski definition) is 2. The van der Waals surface area contributed by atoms with Crippen molar-refractivity contribution in [2.75, 3.05) is 20.2 Å². The van der Waals surface area contributed by atoms with Crippen LogP contribution in [0.15, 0.2) is 24.3 Å². The molecule has 0 radical (unpaired) electrons. The Morgan fingerprint density at radius 2 is 1.84 bits per heavy atom. The van der Waals surface area contributed by atoms with Gasteiger partial charge in [0.2, 0.25) is 0 Å². The van der Waals surface area contributed by atoms with Crippen LogP contribution in [-0.4, -0.2) is 32.1 Å². The van der Waals surface area contributed by atoms with Crippen LogP contribution in [0, 0.1) is 0 Å². The Morgan fingerprint density at radius 3 is 2.60 bits per heavy atom. The van der Waals surface area contributed by atoms with Crippen molar-refractivity contribution in [3.05, 3.63) is 29.1 Å². The molecule has 1 heterocycles. The summed E-state index contributed by atoms with van der Waals surface area (Å²) in [5, 5.41) is 7.65. The van der Waals surface area contributed by atoms with E-state index in [9.17, 15) is 4.79 Å². The van der Waals surface area contributed by atoms with Gasteiger partial charge in [-0.1, -0.05) is 44.2 Å². The van der Waals surface area contributed by atoms with Gasteiger partial charge in [0.25, 0.3) is 5.91 Å². The molecule has 2 N–H and O–H groups in total. The molecule has 1 aromatic carbocycles. The van der Waals surface area contributed by atoms with Gasteiger partial charge in [-0.3, -0.25) is 4.79 Å². The van der Waals surface area contributed by atoms with E-state index < -0.39 is 0 Å². The third kappa shape index (κ3) is 4.73. The molecule has 4 nitrogen and oxygen atoms in total. The zero-order chi connectivity index (χ0) is 17.5. The van der Waals surface area contributed by atoms with E-state index in [-0.39, 0.29) is 5.91 Å². The van der Waals surface area contributed by atoms with Gasteiger partial charge in [0.05, 0.1) is 7.11 Å². The van der Waals surface area contributed by atoms with E-state index in [1.165, 1.54) is 56.3 Å². The number of fused-ring (bicyclic) bond motifs is 1. The molecule has 3 rings (SSSR count). The Balaban J connectivity index is 1.51. The summed E-state index contributed by atoms with van der Waals surface area (Å²) in [6, 6.07) is 8.58. The Kier molecular flexibility index (Phi) is 6.70. The van der Waals surface area contributed by atoms with Crippen molar-refractivity contribution in [3.63, 3.8) is 0 Å². The van der Waals surface area contributed by atoms with Gasteiger partial charge in [0.1, 0.15) is 10.6 Å². The summed E-state index contributed by atoms with van der Waals surface area (Å²) in [6.07, 6.45) is 9.28. The highest BCUT2D eigenvalue weighted by Gasteiger charge is 2.18. The monoisotopic (exact) mass is 360 g/mol. The van der Waals surface area contributed by atoms with Gasteiger partial charge in [0, 0.05) is 29.2 Å². The molecular weight excluding hydrogens is 332 g/mol. The van der Waals surface area contributed by atoms with Crippen LogP contribution in [0.25, 0.3) is 10.1 Å². The molecule has 1 saturated carbocycles. The zero-order valence-electron chi connectivity index (χ0n) is 15.0. The van der Waals surface area contributed by atoms with Gasteiger partial charge in [-0.05, 0) is 25.0 Å². The van der Waals surface area contributed by atoms with Crippen LogP contribution in [0.5, 0.6) is 5.75 Å². The molecule has 1 amide bonds. The maximum absolute atomic E-state index is 12.5. The third-order valence-corrected chi connectivity index (χ3v) is 6.06. The van der Waals surface area contributed by atoms with Crippen LogP contribution in [-0.2, 0) is 0 Å². The first kappa shape index (κ1) is 18.2. The summed E-state index contributed by atoms with van der Waals surface area (Å²) >= 11 is 1.49. The van der Waals surface area contributed by atoms with Crippen molar-refractivity contribution < 1.29 is 9.53 Å². The smallest absolute Gasteiger partial charge is 0.265 e. The topological polar surface area (TPSA) is 50.4 Å². The summed E-state index contributed by atoms with van der Waals surface area (Å²) in [6.45, 7) is 1.47. The second-order valence-corrected chi connectivity index (χ2v) is 7.76. The molecule has 25 heavy (non-hydrogen) atoms. The molecule has 0 bridgehead atoms. The lowest BCUT2D eigenvalue weighted by Crippen LogP contribution is -2.37. The number of hydrogen-bond acceptors (Lipinski definition) is 4. The van der Waals surface area contributed by atoms with Crippen molar-refractivity contribution in [1.29, 1.82) is 0 Å². The van der Waals surface area contributed by atoms with Crippen molar-refractivity contribution in [3.8, 4) is 5.75 Å². The number of carbonyl (C=O) groups excluding carboxylic acids is 1. The molecule has 0 aliphatic heterocycles. The number of thiophene rings is 1. The fourth-order valence-corrected chi connectivity index (χ4v) is 4.65. The normalized spacial score (nSPS) is 16.4. The van der Waals surface area contributed by atoms with Crippen LogP contribution in [0.4, 0.5) is 0 Å². The Hall–Kier alpha value is -1.59. The van der Waals surface area contributed by atoms with Crippen LogP contribution >= 0.6 is 11.3 Å². The second-order valence-electron chi connectivity index (χ2n) is 6.71. The lowest BCUT2D eigenvalue weighted by molar-refractivity contribution is 0.0955. The summed E-state index contributed by atoms with van der Waals surface area (Å²) in [5.41, 5.74) is 0. The Morgan fingerprint density at radius 1 is 1.12 bits per heavy atom. The molecule has 5 heteroatoms. The van der Waals surface area contributed by atoms with Crippen LogP contribution in [0.2, 0.25) is 0 Å². The minimum atomic E-state index is -0.0440. The predicted molar refractivity (Wildman–Crippen MR) is 105 cm³/mol. The van der Waals surface area contributed by atoms with Gasteiger partial charge < -0.3 is 15.4 Å². The summed E-state index contributed by atoms with van der Waals surface area (Å²) in [5.74, 6) is 0.642. The number of methoxy groups -OCH3 is 1. The molecule has 136 valence electrons. The molecule has 0 unspecified atom stereocenters. The van der Waals surface area contributed by atoms with E-state index in [1.54, 1.807) is 7.11 Å². The largest absolute Gasteiger partial charge is 0.494 e. The van der Waals surface area contributed by atoms with E-state index in [2.05, 4.69) is 10.6 Å². The first-order chi connectivity index (χ1) is 12.3. The molecule has 0 spiro atoms. The molecule has 0 atom stereocenters. The minimum absolute atomic E-state index is 0.0440. The molecular formula is C20H28N2O2S.